The number of methoxy groups -OCH3 is 1. The van der Waals surface area contributed by atoms with E-state index < -0.39 is 12.1 Å². The molecule has 0 aliphatic carbocycles. The van der Waals surface area contributed by atoms with Crippen LogP contribution >= 0.6 is 0 Å². The van der Waals surface area contributed by atoms with E-state index in [2.05, 4.69) is 5.43 Å². The summed E-state index contributed by atoms with van der Waals surface area (Å²) in [5.41, 5.74) is 3.04. The van der Waals surface area contributed by atoms with Crippen LogP contribution in [-0.4, -0.2) is 50.5 Å². The van der Waals surface area contributed by atoms with Crippen molar-refractivity contribution in [3.63, 3.8) is 0 Å². The highest BCUT2D eigenvalue weighted by Crippen LogP contribution is 2.33. The summed E-state index contributed by atoms with van der Waals surface area (Å²) < 4.78 is 48.2. The zero-order chi connectivity index (χ0) is 17.6. The first-order valence-electron chi connectivity index (χ1n) is 7.74. The third-order valence-electron chi connectivity index (χ3n) is 3.87. The quantitative estimate of drug-likeness (QED) is 0.805. The number of rotatable bonds is 6. The lowest BCUT2D eigenvalue weighted by Crippen LogP contribution is -2.48. The number of benzene rings is 1. The zero-order valence-electron chi connectivity index (χ0n) is 13.4. The molecule has 2 rings (SSSR count). The van der Waals surface area contributed by atoms with E-state index in [1.54, 1.807) is 31.4 Å². The summed E-state index contributed by atoms with van der Waals surface area (Å²) in [6.07, 6.45) is -4.18. The van der Waals surface area contributed by atoms with Gasteiger partial charge >= 0.3 is 6.18 Å². The molecule has 1 amide bonds. The number of alkyl halides is 3. The average molecular weight is 346 g/mol. The maximum atomic E-state index is 12.6. The third kappa shape index (κ3) is 5.38. The Labute approximate surface area is 138 Å². The summed E-state index contributed by atoms with van der Waals surface area (Å²) in [5, 5.41) is 1.53. The van der Waals surface area contributed by atoms with Gasteiger partial charge in [0.25, 0.3) is 5.91 Å². The Hall–Kier alpha value is -1.80. The molecule has 1 fully saturated rings. The van der Waals surface area contributed by atoms with Crippen molar-refractivity contribution < 1.29 is 27.4 Å². The lowest BCUT2D eigenvalue weighted by molar-refractivity contribution is -0.186. The van der Waals surface area contributed by atoms with Crippen molar-refractivity contribution in [3.8, 4) is 5.75 Å². The molecule has 1 saturated heterocycles. The third-order valence-corrected chi connectivity index (χ3v) is 3.87. The summed E-state index contributed by atoms with van der Waals surface area (Å²) in [6, 6.07) is 6.63. The second-order valence-electron chi connectivity index (χ2n) is 5.61. The molecule has 1 aliphatic rings. The van der Waals surface area contributed by atoms with Crippen molar-refractivity contribution in [1.82, 2.24) is 10.4 Å². The van der Waals surface area contributed by atoms with Crippen LogP contribution in [0, 0.1) is 5.92 Å². The molecule has 1 aromatic rings. The van der Waals surface area contributed by atoms with E-state index in [-0.39, 0.29) is 31.8 Å². The van der Waals surface area contributed by atoms with E-state index in [1.807, 2.05) is 0 Å². The molecule has 1 heterocycles. The normalized spacial score (nSPS) is 16.8. The van der Waals surface area contributed by atoms with Gasteiger partial charge in [0.2, 0.25) is 0 Å². The number of nitrogens with one attached hydrogen (secondary N) is 1. The summed E-state index contributed by atoms with van der Waals surface area (Å²) in [4.78, 5) is 12.2. The highest BCUT2D eigenvalue weighted by Gasteiger charge is 2.41. The smallest absolute Gasteiger partial charge is 0.391 e. The zero-order valence-corrected chi connectivity index (χ0v) is 13.4. The first-order chi connectivity index (χ1) is 11.4. The van der Waals surface area contributed by atoms with E-state index in [1.165, 1.54) is 5.01 Å². The fourth-order valence-corrected chi connectivity index (χ4v) is 2.50. The summed E-state index contributed by atoms with van der Waals surface area (Å²) in [6.45, 7) is 1.16. The lowest BCUT2D eigenvalue weighted by Gasteiger charge is -2.32. The number of piperidine rings is 1. The monoisotopic (exact) mass is 346 g/mol. The standard InChI is InChI=1S/C16H21F3N2O3/c1-23-9-10-24-14-4-2-3-12(11-14)15(22)20-21-7-5-13(6-8-21)16(17,18)19/h2-4,11,13H,5-10H2,1H3,(H,20,22). The maximum Gasteiger partial charge on any atom is 0.391 e. The number of hydrazine groups is 1. The Kier molecular flexibility index (Phi) is 6.44. The molecule has 134 valence electrons. The largest absolute Gasteiger partial charge is 0.491 e. The number of carbonyl (C=O) groups is 1. The first-order valence-corrected chi connectivity index (χ1v) is 7.74. The lowest BCUT2D eigenvalue weighted by atomic mass is 9.97. The van der Waals surface area contributed by atoms with Gasteiger partial charge in [0.05, 0.1) is 12.5 Å². The molecule has 0 radical (unpaired) electrons. The van der Waals surface area contributed by atoms with E-state index in [9.17, 15) is 18.0 Å². The number of nitrogens with zero attached hydrogens (tertiary/aromatic N) is 1. The number of amides is 1. The van der Waals surface area contributed by atoms with Crippen molar-refractivity contribution >= 4 is 5.91 Å². The molecular formula is C16H21F3N2O3. The Morgan fingerprint density at radius 3 is 2.62 bits per heavy atom. The molecule has 0 aromatic heterocycles. The molecule has 0 unspecified atom stereocenters. The van der Waals surface area contributed by atoms with Gasteiger partial charge in [-0.05, 0) is 31.0 Å². The number of carbonyl (C=O) groups excluding carboxylic acids is 1. The van der Waals surface area contributed by atoms with Gasteiger partial charge in [0, 0.05) is 25.8 Å². The molecule has 0 saturated carbocycles. The topological polar surface area (TPSA) is 50.8 Å². The van der Waals surface area contributed by atoms with Gasteiger partial charge in [-0.2, -0.15) is 13.2 Å². The first kappa shape index (κ1) is 18.5. The van der Waals surface area contributed by atoms with E-state index in [0.717, 1.165) is 0 Å². The molecular weight excluding hydrogens is 325 g/mol. The van der Waals surface area contributed by atoms with Crippen molar-refractivity contribution in [1.29, 1.82) is 0 Å². The number of halogens is 3. The highest BCUT2D eigenvalue weighted by atomic mass is 19.4. The second kappa shape index (κ2) is 8.34. The van der Waals surface area contributed by atoms with Gasteiger partial charge < -0.3 is 9.47 Å². The number of hydrogen-bond acceptors (Lipinski definition) is 4. The fourth-order valence-electron chi connectivity index (χ4n) is 2.50. The van der Waals surface area contributed by atoms with E-state index in [4.69, 9.17) is 9.47 Å². The van der Waals surface area contributed by atoms with Crippen LogP contribution in [0.15, 0.2) is 24.3 Å². The van der Waals surface area contributed by atoms with Crippen LogP contribution in [0.3, 0.4) is 0 Å². The highest BCUT2D eigenvalue weighted by molar-refractivity contribution is 5.94. The number of ether oxygens (including phenoxy) is 2. The minimum Gasteiger partial charge on any atom is -0.491 e. The minimum atomic E-state index is -4.16. The van der Waals surface area contributed by atoms with Crippen molar-refractivity contribution in [2.24, 2.45) is 5.92 Å². The predicted molar refractivity (Wildman–Crippen MR) is 81.6 cm³/mol. The fraction of sp³-hybridized carbons (Fsp3) is 0.562. The van der Waals surface area contributed by atoms with Gasteiger partial charge in [-0.3, -0.25) is 10.2 Å². The van der Waals surface area contributed by atoms with Crippen LogP contribution < -0.4 is 10.2 Å². The summed E-state index contributed by atoms with van der Waals surface area (Å²) in [7, 11) is 1.56. The SMILES string of the molecule is COCCOc1cccc(C(=O)NN2CCC(C(F)(F)F)CC2)c1. The summed E-state index contributed by atoms with van der Waals surface area (Å²) >= 11 is 0. The van der Waals surface area contributed by atoms with Crippen LogP contribution in [0.5, 0.6) is 5.75 Å². The van der Waals surface area contributed by atoms with E-state index in [0.29, 0.717) is 24.5 Å². The van der Waals surface area contributed by atoms with E-state index >= 15 is 0 Å². The Morgan fingerprint density at radius 2 is 2.00 bits per heavy atom. The van der Waals surface area contributed by atoms with Gasteiger partial charge in [-0.15, -0.1) is 0 Å². The van der Waals surface area contributed by atoms with Crippen LogP contribution in [0.2, 0.25) is 0 Å². The van der Waals surface area contributed by atoms with Gasteiger partial charge in [0.15, 0.2) is 0 Å². The molecule has 24 heavy (non-hydrogen) atoms. The van der Waals surface area contributed by atoms with Gasteiger partial charge in [-0.25, -0.2) is 5.01 Å². The molecule has 1 N–H and O–H groups in total. The molecule has 5 nitrogen and oxygen atoms in total. The summed E-state index contributed by atoms with van der Waals surface area (Å²) in [5.74, 6) is -1.11. The van der Waals surface area contributed by atoms with Crippen molar-refractivity contribution in [2.75, 3.05) is 33.4 Å². The Balaban J connectivity index is 1.86. The van der Waals surface area contributed by atoms with Crippen LogP contribution in [0.4, 0.5) is 13.2 Å². The Morgan fingerprint density at radius 1 is 1.29 bits per heavy atom. The minimum absolute atomic E-state index is 0.00997. The Bertz CT molecular complexity index is 544. The molecule has 1 aliphatic heterocycles. The average Bonchev–Trinajstić information content (AvgIpc) is 2.55. The molecule has 0 bridgehead atoms. The van der Waals surface area contributed by atoms with Gasteiger partial charge in [-0.1, -0.05) is 6.07 Å². The van der Waals surface area contributed by atoms with Gasteiger partial charge in [0.1, 0.15) is 12.4 Å². The molecule has 0 atom stereocenters. The van der Waals surface area contributed by atoms with Crippen molar-refractivity contribution in [3.05, 3.63) is 29.8 Å². The predicted octanol–water partition coefficient (Wildman–Crippen LogP) is 2.63. The molecule has 1 aromatic carbocycles. The van der Waals surface area contributed by atoms with Crippen molar-refractivity contribution in [2.45, 2.75) is 19.0 Å². The van der Waals surface area contributed by atoms with Crippen LogP contribution in [0.1, 0.15) is 23.2 Å². The molecule has 8 heteroatoms. The van der Waals surface area contributed by atoms with Crippen LogP contribution in [-0.2, 0) is 4.74 Å². The number of hydrogen-bond donors (Lipinski definition) is 1. The van der Waals surface area contributed by atoms with Crippen LogP contribution in [0.25, 0.3) is 0 Å². The molecule has 0 spiro atoms. The second-order valence-corrected chi connectivity index (χ2v) is 5.61. The maximum absolute atomic E-state index is 12.6.